The van der Waals surface area contributed by atoms with E-state index in [2.05, 4.69) is 215 Å². The maximum atomic E-state index is 7.37. The Morgan fingerprint density at radius 3 is 1.61 bits per heavy atom. The Kier molecular flexibility index (Phi) is 9.71. The van der Waals surface area contributed by atoms with E-state index in [1.807, 2.05) is 0 Å². The molecule has 0 N–H and O–H groups in total. The van der Waals surface area contributed by atoms with Crippen LogP contribution in [0.3, 0.4) is 0 Å². The Morgan fingerprint density at radius 1 is 0.433 bits per heavy atom. The van der Waals surface area contributed by atoms with Crippen LogP contribution in [-0.4, -0.2) is 24.2 Å². The number of nitrogens with zero attached hydrogens (tertiary/aromatic N) is 2. The molecule has 0 saturated carbocycles. The maximum Gasteiger partial charge on any atom is 0.256 e. The van der Waals surface area contributed by atoms with E-state index in [1.54, 1.807) is 11.9 Å². The SMILES string of the molecule is CSN1c2cc(C)c(C)cc2B2c3cc(B4c5cc(C(C)(C)C)ccc5Oc5cc(C)cc(C)c54)c(C)cc3Oc3cc(-n4c5ccc(C(C)(C)C)cc5c5cc(C(C)(C)C)ccc54)cc1c32. The summed E-state index contributed by atoms with van der Waals surface area (Å²) >= 11 is 1.77. The normalized spacial score (nSPS) is 14.1. The van der Waals surface area contributed by atoms with Crippen LogP contribution in [0, 0.1) is 34.6 Å². The highest BCUT2D eigenvalue weighted by Gasteiger charge is 2.44. The van der Waals surface area contributed by atoms with Gasteiger partial charge in [-0.3, -0.25) is 4.31 Å². The van der Waals surface area contributed by atoms with Crippen LogP contribution in [0.1, 0.15) is 107 Å². The van der Waals surface area contributed by atoms with Crippen molar-refractivity contribution in [2.24, 2.45) is 0 Å². The monoisotopic (exact) mass is 896 g/mol. The molecule has 1 aromatic heterocycles. The van der Waals surface area contributed by atoms with E-state index in [1.165, 1.54) is 110 Å². The van der Waals surface area contributed by atoms with Gasteiger partial charge in [0, 0.05) is 28.8 Å². The van der Waals surface area contributed by atoms with Crippen LogP contribution in [0.4, 0.5) is 11.4 Å². The molecule has 0 unspecified atom stereocenters. The molecule has 3 aliphatic rings. The van der Waals surface area contributed by atoms with Crippen LogP contribution in [0.15, 0.2) is 103 Å². The molecule has 0 bridgehead atoms. The average Bonchev–Trinajstić information content (AvgIpc) is 3.58. The number of anilines is 2. The highest BCUT2D eigenvalue weighted by molar-refractivity contribution is 8.00. The topological polar surface area (TPSA) is 26.6 Å². The van der Waals surface area contributed by atoms with Crippen LogP contribution in [0.2, 0.25) is 0 Å². The van der Waals surface area contributed by atoms with E-state index in [0.29, 0.717) is 0 Å². The van der Waals surface area contributed by atoms with Gasteiger partial charge in [0.05, 0.1) is 22.4 Å². The van der Waals surface area contributed by atoms with Gasteiger partial charge in [-0.2, -0.15) is 0 Å². The number of rotatable bonds is 3. The smallest absolute Gasteiger partial charge is 0.256 e. The lowest BCUT2D eigenvalue weighted by Crippen LogP contribution is -2.62. The number of hydrogen-bond acceptors (Lipinski definition) is 4. The third-order valence-corrected chi connectivity index (χ3v) is 15.9. The van der Waals surface area contributed by atoms with Crippen molar-refractivity contribution in [3.63, 3.8) is 0 Å². The van der Waals surface area contributed by atoms with E-state index in [0.717, 1.165) is 28.7 Å². The fraction of sp³-hybridized carbons (Fsp3) is 0.300. The molecule has 0 fully saturated rings. The predicted octanol–water partition coefficient (Wildman–Crippen LogP) is 12.2. The zero-order chi connectivity index (χ0) is 47.4. The van der Waals surface area contributed by atoms with E-state index >= 15 is 0 Å². The summed E-state index contributed by atoms with van der Waals surface area (Å²) in [4.78, 5) is 0. The molecule has 0 spiro atoms. The number of fused-ring (bicyclic) bond motifs is 9. The molecule has 67 heavy (non-hydrogen) atoms. The third kappa shape index (κ3) is 6.80. The number of aromatic nitrogens is 1. The van der Waals surface area contributed by atoms with E-state index in [9.17, 15) is 0 Å². The number of benzene rings is 7. The Labute approximate surface area is 403 Å². The summed E-state index contributed by atoms with van der Waals surface area (Å²) in [7, 11) is 0. The first kappa shape index (κ1) is 43.8. The largest absolute Gasteiger partial charge is 0.458 e. The zero-order valence-electron chi connectivity index (χ0n) is 42.1. The first-order valence-corrected chi connectivity index (χ1v) is 25.3. The molecule has 0 aliphatic carbocycles. The van der Waals surface area contributed by atoms with Crippen molar-refractivity contribution < 1.29 is 9.47 Å². The molecule has 3 aliphatic heterocycles. The van der Waals surface area contributed by atoms with Crippen molar-refractivity contribution in [3.05, 3.63) is 148 Å². The summed E-state index contributed by atoms with van der Waals surface area (Å²) in [6.45, 7) is 31.9. The third-order valence-electron chi connectivity index (χ3n) is 15.2. The lowest BCUT2D eigenvalue weighted by molar-refractivity contribution is 0.485. The van der Waals surface area contributed by atoms with Gasteiger partial charge in [-0.25, -0.2) is 0 Å². The lowest BCUT2D eigenvalue weighted by atomic mass is 9.31. The number of aryl methyl sites for hydroxylation is 5. The van der Waals surface area contributed by atoms with Gasteiger partial charge in [0.2, 0.25) is 0 Å². The van der Waals surface area contributed by atoms with E-state index in [4.69, 9.17) is 9.47 Å². The first-order valence-electron chi connectivity index (χ1n) is 24.1. The summed E-state index contributed by atoms with van der Waals surface area (Å²) in [5.41, 5.74) is 23.6. The lowest BCUT2D eigenvalue weighted by Gasteiger charge is -2.40. The van der Waals surface area contributed by atoms with Crippen LogP contribution in [0.25, 0.3) is 27.5 Å². The standard InChI is InChI=1S/C60H62B2N2O2S/c1-33-22-37(5)56-54(23-33)65-52-21-18-40(60(12,13)14)29-46(52)61(56)44-32-47-53(26-36(44)4)66-55-31-41(30-51-57(55)62(47)45-24-34(2)35(3)25-50(45)64(51)67-15)63-48-19-16-38(58(6,7)8)27-42(48)43-28-39(59(9,10)11)17-20-49(43)63/h16-32H,1-15H3. The minimum Gasteiger partial charge on any atom is -0.458 e. The first-order chi connectivity index (χ1) is 31.6. The highest BCUT2D eigenvalue weighted by Crippen LogP contribution is 2.44. The molecule has 0 radical (unpaired) electrons. The van der Waals surface area contributed by atoms with Gasteiger partial charge in [0.15, 0.2) is 0 Å². The van der Waals surface area contributed by atoms with Crippen molar-refractivity contribution >= 4 is 91.3 Å². The van der Waals surface area contributed by atoms with Gasteiger partial charge in [-0.05, 0) is 178 Å². The van der Waals surface area contributed by atoms with Gasteiger partial charge in [0.25, 0.3) is 13.4 Å². The second-order valence-electron chi connectivity index (χ2n) is 23.0. The van der Waals surface area contributed by atoms with Gasteiger partial charge in [-0.15, -0.1) is 0 Å². The van der Waals surface area contributed by atoms with Gasteiger partial charge in [-0.1, -0.05) is 121 Å². The van der Waals surface area contributed by atoms with Gasteiger partial charge >= 0.3 is 0 Å². The van der Waals surface area contributed by atoms with Crippen LogP contribution < -0.4 is 46.6 Å². The van der Waals surface area contributed by atoms with Crippen molar-refractivity contribution in [2.45, 2.75) is 113 Å². The Morgan fingerprint density at radius 2 is 0.985 bits per heavy atom. The van der Waals surface area contributed by atoms with Crippen molar-refractivity contribution in [2.75, 3.05) is 10.6 Å². The minimum absolute atomic E-state index is 0.0159. The van der Waals surface area contributed by atoms with Gasteiger partial charge in [0.1, 0.15) is 23.0 Å². The summed E-state index contributed by atoms with van der Waals surface area (Å²) in [5.74, 6) is 3.72. The van der Waals surface area contributed by atoms with E-state index < -0.39 is 0 Å². The average molecular weight is 897 g/mol. The molecule has 0 amide bonds. The minimum atomic E-state index is -0.0412. The second kappa shape index (κ2) is 14.9. The van der Waals surface area contributed by atoms with Crippen LogP contribution in [-0.2, 0) is 16.2 Å². The fourth-order valence-corrected chi connectivity index (χ4v) is 12.0. The molecule has 7 aromatic carbocycles. The molecular weight excluding hydrogens is 834 g/mol. The highest BCUT2D eigenvalue weighted by atomic mass is 32.2. The molecule has 8 aromatic rings. The summed E-state index contributed by atoms with van der Waals surface area (Å²) in [6, 6.07) is 40.0. The van der Waals surface area contributed by atoms with Crippen LogP contribution >= 0.6 is 11.9 Å². The molecular formula is C60H62B2N2O2S. The molecule has 7 heteroatoms. The van der Waals surface area contributed by atoms with Gasteiger partial charge < -0.3 is 14.0 Å². The Balaban J connectivity index is 1.17. The van der Waals surface area contributed by atoms with Crippen molar-refractivity contribution in [1.82, 2.24) is 4.57 Å². The Hall–Kier alpha value is -5.78. The molecule has 336 valence electrons. The van der Waals surface area contributed by atoms with E-state index in [-0.39, 0.29) is 29.7 Å². The maximum absolute atomic E-state index is 7.37. The molecule has 0 atom stereocenters. The number of hydrogen-bond donors (Lipinski definition) is 0. The van der Waals surface area contributed by atoms with Crippen molar-refractivity contribution in [1.29, 1.82) is 0 Å². The second-order valence-corrected chi connectivity index (χ2v) is 23.7. The predicted molar refractivity (Wildman–Crippen MR) is 291 cm³/mol. The zero-order valence-corrected chi connectivity index (χ0v) is 42.9. The summed E-state index contributed by atoms with van der Waals surface area (Å²) < 4.78 is 19.1. The molecule has 4 nitrogen and oxygen atoms in total. The summed E-state index contributed by atoms with van der Waals surface area (Å²) in [5, 5.41) is 2.56. The number of ether oxygens (including phenoxy) is 2. The van der Waals surface area contributed by atoms with Crippen LogP contribution in [0.5, 0.6) is 23.0 Å². The summed E-state index contributed by atoms with van der Waals surface area (Å²) in [6.07, 6.45) is 2.20. The Bertz CT molecular complexity index is 3360. The molecule has 0 saturated heterocycles. The molecule has 11 rings (SSSR count). The quantitative estimate of drug-likeness (QED) is 0.130. The molecule has 4 heterocycles. The fourth-order valence-electron chi connectivity index (χ4n) is 11.3. The van der Waals surface area contributed by atoms with Crippen molar-refractivity contribution in [3.8, 4) is 28.7 Å².